The van der Waals surface area contributed by atoms with Gasteiger partial charge in [0.05, 0.1) is 13.7 Å². The van der Waals surface area contributed by atoms with E-state index in [0.717, 1.165) is 11.4 Å². The molecule has 26 heavy (non-hydrogen) atoms. The Bertz CT molecular complexity index is 670. The zero-order valence-electron chi connectivity index (χ0n) is 15.1. The van der Waals surface area contributed by atoms with Gasteiger partial charge >= 0.3 is 5.97 Å². The Balaban J connectivity index is 0.000000387. The van der Waals surface area contributed by atoms with E-state index in [4.69, 9.17) is 25.4 Å². The lowest BCUT2D eigenvalue weighted by Crippen LogP contribution is -1.91. The summed E-state index contributed by atoms with van der Waals surface area (Å²) < 4.78 is 9.98. The molecule has 0 saturated heterocycles. The highest BCUT2D eigenvalue weighted by Crippen LogP contribution is 2.25. The van der Waals surface area contributed by atoms with Crippen molar-refractivity contribution in [2.45, 2.75) is 20.3 Å². The van der Waals surface area contributed by atoms with Crippen molar-refractivity contribution in [2.75, 3.05) is 19.5 Å². The number of methoxy groups -OCH3 is 1. The van der Waals surface area contributed by atoms with E-state index >= 15 is 0 Å². The van der Waals surface area contributed by atoms with Crippen LogP contribution in [0.1, 0.15) is 30.6 Å². The minimum Gasteiger partial charge on any atom is -0.504 e. The lowest BCUT2D eigenvalue weighted by Gasteiger charge is -2.01. The predicted molar refractivity (Wildman–Crippen MR) is 100.0 cm³/mol. The number of carbonyl (C=O) groups is 2. The summed E-state index contributed by atoms with van der Waals surface area (Å²) in [4.78, 5) is 19.6. The van der Waals surface area contributed by atoms with Gasteiger partial charge in [0, 0.05) is 17.7 Å². The molecule has 0 saturated carbocycles. The number of aromatic hydroxyl groups is 1. The summed E-state index contributed by atoms with van der Waals surface area (Å²) in [5.74, 6) is 0.481. The lowest BCUT2D eigenvalue weighted by molar-refractivity contribution is -0.136. The SMILES string of the molecule is CCC(=O)O.CCOc1ccc(N)cc1.COc1cc(C=O)ccc1O. The number of ether oxygens (including phenoxy) is 2. The fraction of sp³-hybridized carbons (Fsp3) is 0.263. The maximum atomic E-state index is 10.2. The Kier molecular flexibility index (Phi) is 11.5. The summed E-state index contributed by atoms with van der Waals surface area (Å²) in [5, 5.41) is 16.8. The number of nitrogen functional groups attached to an aromatic ring is 1. The second-order valence-corrected chi connectivity index (χ2v) is 4.80. The fourth-order valence-electron chi connectivity index (χ4n) is 1.50. The van der Waals surface area contributed by atoms with Gasteiger partial charge in [-0.3, -0.25) is 9.59 Å². The molecule has 4 N–H and O–H groups in total. The van der Waals surface area contributed by atoms with E-state index in [2.05, 4.69) is 0 Å². The average molecular weight is 363 g/mol. The third kappa shape index (κ3) is 9.82. The van der Waals surface area contributed by atoms with Crippen molar-refractivity contribution in [2.24, 2.45) is 0 Å². The number of aldehydes is 1. The predicted octanol–water partition coefficient (Wildman–Crippen LogP) is 3.36. The van der Waals surface area contributed by atoms with Gasteiger partial charge in [0.2, 0.25) is 0 Å². The highest BCUT2D eigenvalue weighted by Gasteiger charge is 2.00. The van der Waals surface area contributed by atoms with E-state index in [-0.39, 0.29) is 12.2 Å². The molecular formula is C19H25NO6. The number of carboxylic acid groups (broad SMARTS) is 1. The molecule has 142 valence electrons. The third-order valence-corrected chi connectivity index (χ3v) is 2.83. The van der Waals surface area contributed by atoms with E-state index < -0.39 is 5.97 Å². The first-order valence-corrected chi connectivity index (χ1v) is 7.90. The average Bonchev–Trinajstić information content (AvgIpc) is 2.65. The van der Waals surface area contributed by atoms with Crippen LogP contribution < -0.4 is 15.2 Å². The van der Waals surface area contributed by atoms with Gasteiger partial charge in [0.15, 0.2) is 11.5 Å². The van der Waals surface area contributed by atoms with Crippen LogP contribution in [0.3, 0.4) is 0 Å². The zero-order chi connectivity index (χ0) is 19.9. The van der Waals surface area contributed by atoms with Crippen LogP contribution in [0.15, 0.2) is 42.5 Å². The molecule has 0 amide bonds. The van der Waals surface area contributed by atoms with Crippen LogP contribution in [0, 0.1) is 0 Å². The Morgan fingerprint density at radius 1 is 1.15 bits per heavy atom. The summed E-state index contributed by atoms with van der Waals surface area (Å²) in [6, 6.07) is 11.8. The van der Waals surface area contributed by atoms with Crippen LogP contribution in [-0.2, 0) is 4.79 Å². The number of anilines is 1. The van der Waals surface area contributed by atoms with Crippen molar-refractivity contribution in [3.05, 3.63) is 48.0 Å². The van der Waals surface area contributed by atoms with Crippen LogP contribution in [-0.4, -0.2) is 36.2 Å². The van der Waals surface area contributed by atoms with Crippen LogP contribution in [0.4, 0.5) is 5.69 Å². The number of hydrogen-bond donors (Lipinski definition) is 3. The van der Waals surface area contributed by atoms with E-state index in [0.29, 0.717) is 24.2 Å². The first-order valence-electron chi connectivity index (χ1n) is 7.90. The highest BCUT2D eigenvalue weighted by atomic mass is 16.5. The smallest absolute Gasteiger partial charge is 0.303 e. The topological polar surface area (TPSA) is 119 Å². The first-order chi connectivity index (χ1) is 12.4. The summed E-state index contributed by atoms with van der Waals surface area (Å²) in [6.45, 7) is 4.25. The van der Waals surface area contributed by atoms with Crippen LogP contribution >= 0.6 is 0 Å². The summed E-state index contributed by atoms with van der Waals surface area (Å²) in [7, 11) is 1.43. The van der Waals surface area contributed by atoms with E-state index in [1.807, 2.05) is 31.2 Å². The van der Waals surface area contributed by atoms with Gasteiger partial charge in [0.1, 0.15) is 12.0 Å². The molecule has 0 aliphatic heterocycles. The molecule has 2 aromatic carbocycles. The minimum absolute atomic E-state index is 0.0399. The Morgan fingerprint density at radius 2 is 1.73 bits per heavy atom. The maximum Gasteiger partial charge on any atom is 0.303 e. The van der Waals surface area contributed by atoms with Crippen molar-refractivity contribution >= 4 is 17.9 Å². The van der Waals surface area contributed by atoms with E-state index in [1.165, 1.54) is 25.3 Å². The second kappa shape index (κ2) is 13.1. The van der Waals surface area contributed by atoms with Gasteiger partial charge in [-0.15, -0.1) is 0 Å². The molecule has 0 spiro atoms. The van der Waals surface area contributed by atoms with Gasteiger partial charge in [-0.05, 0) is 49.4 Å². The van der Waals surface area contributed by atoms with Crippen molar-refractivity contribution in [3.63, 3.8) is 0 Å². The Hall–Kier alpha value is -3.22. The zero-order valence-corrected chi connectivity index (χ0v) is 15.1. The highest BCUT2D eigenvalue weighted by molar-refractivity contribution is 5.76. The van der Waals surface area contributed by atoms with E-state index in [9.17, 15) is 9.59 Å². The molecule has 0 fully saturated rings. The molecule has 0 heterocycles. The molecule has 0 aromatic heterocycles. The van der Waals surface area contributed by atoms with Crippen LogP contribution in [0.25, 0.3) is 0 Å². The number of aliphatic carboxylic acids is 1. The molecule has 0 unspecified atom stereocenters. The summed E-state index contributed by atoms with van der Waals surface area (Å²) in [5.41, 5.74) is 6.72. The molecule has 0 bridgehead atoms. The lowest BCUT2D eigenvalue weighted by atomic mass is 10.2. The van der Waals surface area contributed by atoms with Gasteiger partial charge in [-0.25, -0.2) is 0 Å². The molecule has 0 aliphatic carbocycles. The number of carbonyl (C=O) groups excluding carboxylic acids is 1. The normalized spacial score (nSPS) is 8.88. The number of rotatable bonds is 5. The van der Waals surface area contributed by atoms with Gasteiger partial charge in [-0.2, -0.15) is 0 Å². The molecule has 7 nitrogen and oxygen atoms in total. The minimum atomic E-state index is -0.745. The fourth-order valence-corrected chi connectivity index (χ4v) is 1.50. The first kappa shape index (κ1) is 22.8. The molecule has 2 rings (SSSR count). The molecule has 2 aromatic rings. The quantitative estimate of drug-likeness (QED) is 0.550. The molecule has 0 aliphatic rings. The van der Waals surface area contributed by atoms with Crippen LogP contribution in [0.2, 0.25) is 0 Å². The molecule has 0 atom stereocenters. The van der Waals surface area contributed by atoms with Crippen molar-refractivity contribution in [1.82, 2.24) is 0 Å². The Morgan fingerprint density at radius 3 is 2.15 bits per heavy atom. The van der Waals surface area contributed by atoms with Crippen molar-refractivity contribution in [3.8, 4) is 17.2 Å². The van der Waals surface area contributed by atoms with Crippen molar-refractivity contribution < 1.29 is 29.3 Å². The molecule has 7 heteroatoms. The van der Waals surface area contributed by atoms with Crippen molar-refractivity contribution in [1.29, 1.82) is 0 Å². The maximum absolute atomic E-state index is 10.2. The van der Waals surface area contributed by atoms with Gasteiger partial charge in [0.25, 0.3) is 0 Å². The summed E-state index contributed by atoms with van der Waals surface area (Å²) >= 11 is 0. The van der Waals surface area contributed by atoms with E-state index in [1.54, 1.807) is 6.92 Å². The van der Waals surface area contributed by atoms with Gasteiger partial charge in [-0.1, -0.05) is 6.92 Å². The largest absolute Gasteiger partial charge is 0.504 e. The summed E-state index contributed by atoms with van der Waals surface area (Å²) in [6.07, 6.45) is 0.919. The molecular weight excluding hydrogens is 338 g/mol. The number of hydrogen-bond acceptors (Lipinski definition) is 6. The Labute approximate surface area is 153 Å². The number of benzene rings is 2. The number of phenolic OH excluding ortho intramolecular Hbond substituents is 1. The standard InChI is InChI=1S/C8H11NO.C8H8O3.C3H6O2/c1-2-10-8-5-3-7(9)4-6-8;1-11-8-4-6(5-9)2-3-7(8)10;1-2-3(4)5/h3-6H,2,9H2,1H3;2-5,10H,1H3;2H2,1H3,(H,4,5). The number of nitrogens with two attached hydrogens (primary N) is 1. The third-order valence-electron chi connectivity index (χ3n) is 2.83. The second-order valence-electron chi connectivity index (χ2n) is 4.80. The monoisotopic (exact) mass is 363 g/mol. The number of carboxylic acids is 1. The van der Waals surface area contributed by atoms with Gasteiger partial charge < -0.3 is 25.4 Å². The molecule has 0 radical (unpaired) electrons. The van der Waals surface area contributed by atoms with Crippen LogP contribution in [0.5, 0.6) is 17.2 Å². The number of phenols is 1.